The van der Waals surface area contributed by atoms with Gasteiger partial charge in [0.05, 0.1) is 0 Å². The van der Waals surface area contributed by atoms with Crippen LogP contribution in [0.2, 0.25) is 0 Å². The Bertz CT molecular complexity index is 121. The molecule has 1 N–H and O–H groups in total. The SMILES string of the molecule is CCC(C)(CC)NC(C)CCOC. The van der Waals surface area contributed by atoms with Crippen molar-refractivity contribution in [3.63, 3.8) is 0 Å². The highest BCUT2D eigenvalue weighted by Crippen LogP contribution is 2.15. The molecule has 0 aromatic heterocycles. The van der Waals surface area contributed by atoms with Crippen LogP contribution >= 0.6 is 0 Å². The van der Waals surface area contributed by atoms with Gasteiger partial charge in [0.15, 0.2) is 0 Å². The number of methoxy groups -OCH3 is 1. The average Bonchev–Trinajstić information content (AvgIpc) is 2.14. The molecule has 0 heterocycles. The molecule has 0 radical (unpaired) electrons. The van der Waals surface area contributed by atoms with Crippen molar-refractivity contribution in [1.29, 1.82) is 0 Å². The first-order chi connectivity index (χ1) is 6.08. The van der Waals surface area contributed by atoms with Gasteiger partial charge >= 0.3 is 0 Å². The summed E-state index contributed by atoms with van der Waals surface area (Å²) in [7, 11) is 1.76. The smallest absolute Gasteiger partial charge is 0.0476 e. The highest BCUT2D eigenvalue weighted by Gasteiger charge is 2.20. The van der Waals surface area contributed by atoms with Crippen LogP contribution in [0.25, 0.3) is 0 Å². The van der Waals surface area contributed by atoms with Gasteiger partial charge in [-0.2, -0.15) is 0 Å². The zero-order valence-electron chi connectivity index (χ0n) is 9.81. The van der Waals surface area contributed by atoms with E-state index in [0.29, 0.717) is 11.6 Å². The van der Waals surface area contributed by atoms with Gasteiger partial charge < -0.3 is 10.1 Å². The number of hydrogen-bond donors (Lipinski definition) is 1. The van der Waals surface area contributed by atoms with Gasteiger partial charge in [-0.05, 0) is 33.1 Å². The molecule has 0 spiro atoms. The zero-order valence-corrected chi connectivity index (χ0v) is 9.81. The molecule has 0 saturated carbocycles. The largest absolute Gasteiger partial charge is 0.385 e. The second-order valence-corrected chi connectivity index (χ2v) is 4.09. The van der Waals surface area contributed by atoms with E-state index in [1.165, 1.54) is 12.8 Å². The molecule has 2 heteroatoms. The Balaban J connectivity index is 3.79. The van der Waals surface area contributed by atoms with Gasteiger partial charge in [0.1, 0.15) is 0 Å². The summed E-state index contributed by atoms with van der Waals surface area (Å²) in [6, 6.07) is 0.546. The van der Waals surface area contributed by atoms with Crippen LogP contribution in [0.5, 0.6) is 0 Å². The zero-order chi connectivity index (χ0) is 10.3. The van der Waals surface area contributed by atoms with Crippen LogP contribution in [0.15, 0.2) is 0 Å². The highest BCUT2D eigenvalue weighted by molar-refractivity contribution is 4.82. The van der Waals surface area contributed by atoms with Gasteiger partial charge in [0.25, 0.3) is 0 Å². The van der Waals surface area contributed by atoms with E-state index in [9.17, 15) is 0 Å². The number of nitrogens with one attached hydrogen (secondary N) is 1. The van der Waals surface area contributed by atoms with E-state index in [4.69, 9.17) is 4.74 Å². The Hall–Kier alpha value is -0.0800. The Labute approximate surface area is 83.1 Å². The summed E-state index contributed by atoms with van der Waals surface area (Å²) in [6.45, 7) is 9.83. The number of ether oxygens (including phenoxy) is 1. The summed E-state index contributed by atoms with van der Waals surface area (Å²) in [5, 5.41) is 3.65. The first-order valence-electron chi connectivity index (χ1n) is 5.34. The monoisotopic (exact) mass is 187 g/mol. The van der Waals surface area contributed by atoms with Gasteiger partial charge in [0.2, 0.25) is 0 Å². The van der Waals surface area contributed by atoms with Crippen molar-refractivity contribution in [2.75, 3.05) is 13.7 Å². The molecule has 0 saturated heterocycles. The summed E-state index contributed by atoms with van der Waals surface area (Å²) < 4.78 is 5.05. The maximum atomic E-state index is 5.05. The van der Waals surface area contributed by atoms with Crippen molar-refractivity contribution in [2.45, 2.75) is 58.5 Å². The molecule has 13 heavy (non-hydrogen) atoms. The first kappa shape index (κ1) is 12.9. The van der Waals surface area contributed by atoms with E-state index in [0.717, 1.165) is 13.0 Å². The number of rotatable bonds is 7. The lowest BCUT2D eigenvalue weighted by molar-refractivity contribution is 0.174. The summed E-state index contributed by atoms with van der Waals surface area (Å²) in [5.41, 5.74) is 0.299. The molecule has 0 amide bonds. The minimum atomic E-state index is 0.299. The predicted molar refractivity (Wildman–Crippen MR) is 58.1 cm³/mol. The first-order valence-corrected chi connectivity index (χ1v) is 5.34. The van der Waals surface area contributed by atoms with Crippen LogP contribution in [0.1, 0.15) is 47.0 Å². The maximum absolute atomic E-state index is 5.05. The summed E-state index contributed by atoms with van der Waals surface area (Å²) in [6.07, 6.45) is 3.45. The second-order valence-electron chi connectivity index (χ2n) is 4.09. The molecule has 0 aliphatic carbocycles. The summed E-state index contributed by atoms with van der Waals surface area (Å²) in [4.78, 5) is 0. The lowest BCUT2D eigenvalue weighted by Gasteiger charge is -2.32. The minimum absolute atomic E-state index is 0.299. The fourth-order valence-electron chi connectivity index (χ4n) is 1.42. The third-order valence-electron chi connectivity index (χ3n) is 2.91. The average molecular weight is 187 g/mol. The summed E-state index contributed by atoms with van der Waals surface area (Å²) in [5.74, 6) is 0. The predicted octanol–water partition coefficient (Wildman–Crippen LogP) is 2.58. The van der Waals surface area contributed by atoms with Crippen LogP contribution < -0.4 is 5.32 Å². The molecule has 0 fully saturated rings. The Morgan fingerprint density at radius 1 is 1.31 bits per heavy atom. The van der Waals surface area contributed by atoms with Crippen molar-refractivity contribution in [1.82, 2.24) is 5.32 Å². The highest BCUT2D eigenvalue weighted by atomic mass is 16.5. The Morgan fingerprint density at radius 2 is 1.85 bits per heavy atom. The topological polar surface area (TPSA) is 21.3 Å². The fraction of sp³-hybridized carbons (Fsp3) is 1.00. The van der Waals surface area contributed by atoms with Gasteiger partial charge in [-0.15, -0.1) is 0 Å². The molecule has 0 aromatic carbocycles. The van der Waals surface area contributed by atoms with Gasteiger partial charge in [0, 0.05) is 25.3 Å². The molecule has 0 aromatic rings. The maximum Gasteiger partial charge on any atom is 0.0476 e. The Morgan fingerprint density at radius 3 is 2.23 bits per heavy atom. The van der Waals surface area contributed by atoms with Crippen molar-refractivity contribution >= 4 is 0 Å². The van der Waals surface area contributed by atoms with Gasteiger partial charge in [-0.3, -0.25) is 0 Å². The Kier molecular flexibility index (Phi) is 6.35. The molecule has 1 unspecified atom stereocenters. The number of hydrogen-bond acceptors (Lipinski definition) is 2. The molecule has 0 aliphatic heterocycles. The van der Waals surface area contributed by atoms with E-state index < -0.39 is 0 Å². The van der Waals surface area contributed by atoms with E-state index in [-0.39, 0.29) is 0 Å². The van der Waals surface area contributed by atoms with Crippen molar-refractivity contribution in [2.24, 2.45) is 0 Å². The van der Waals surface area contributed by atoms with Crippen LogP contribution in [-0.4, -0.2) is 25.3 Å². The minimum Gasteiger partial charge on any atom is -0.385 e. The van der Waals surface area contributed by atoms with Gasteiger partial charge in [-0.1, -0.05) is 13.8 Å². The fourth-order valence-corrected chi connectivity index (χ4v) is 1.42. The lowest BCUT2D eigenvalue weighted by Crippen LogP contribution is -2.46. The second kappa shape index (κ2) is 6.39. The van der Waals surface area contributed by atoms with Crippen molar-refractivity contribution in [3.8, 4) is 0 Å². The molecular formula is C11H25NO. The van der Waals surface area contributed by atoms with Crippen LogP contribution in [0, 0.1) is 0 Å². The van der Waals surface area contributed by atoms with E-state index >= 15 is 0 Å². The lowest BCUT2D eigenvalue weighted by atomic mass is 9.94. The van der Waals surface area contributed by atoms with E-state index in [1.807, 2.05) is 0 Å². The van der Waals surface area contributed by atoms with Crippen LogP contribution in [0.4, 0.5) is 0 Å². The van der Waals surface area contributed by atoms with E-state index in [2.05, 4.69) is 33.0 Å². The standard InChI is InChI=1S/C11H25NO/c1-6-11(4,7-2)12-10(3)8-9-13-5/h10,12H,6-9H2,1-5H3. The quantitative estimate of drug-likeness (QED) is 0.661. The normalized spacial score (nSPS) is 14.5. The summed E-state index contributed by atoms with van der Waals surface area (Å²) >= 11 is 0. The molecule has 1 atom stereocenters. The van der Waals surface area contributed by atoms with Crippen molar-refractivity contribution in [3.05, 3.63) is 0 Å². The van der Waals surface area contributed by atoms with Crippen molar-refractivity contribution < 1.29 is 4.74 Å². The molecule has 0 aliphatic rings. The third-order valence-corrected chi connectivity index (χ3v) is 2.91. The van der Waals surface area contributed by atoms with Gasteiger partial charge in [-0.25, -0.2) is 0 Å². The van der Waals surface area contributed by atoms with Crippen LogP contribution in [0.3, 0.4) is 0 Å². The van der Waals surface area contributed by atoms with Crippen LogP contribution in [-0.2, 0) is 4.74 Å². The molecule has 2 nitrogen and oxygen atoms in total. The molecule has 0 rings (SSSR count). The van der Waals surface area contributed by atoms with E-state index in [1.54, 1.807) is 7.11 Å². The third kappa shape index (κ3) is 5.27. The molecular weight excluding hydrogens is 162 g/mol. The molecule has 80 valence electrons. The molecule has 0 bridgehead atoms.